The van der Waals surface area contributed by atoms with Crippen molar-refractivity contribution >= 4 is 17.5 Å². The zero-order valence-corrected chi connectivity index (χ0v) is 15.8. The van der Waals surface area contributed by atoms with Crippen molar-refractivity contribution in [1.82, 2.24) is 19.8 Å². The van der Waals surface area contributed by atoms with Crippen LogP contribution >= 0.6 is 0 Å². The first-order valence-corrected chi connectivity index (χ1v) is 9.15. The highest BCUT2D eigenvalue weighted by Gasteiger charge is 2.20. The van der Waals surface area contributed by atoms with Gasteiger partial charge in [0.05, 0.1) is 11.9 Å². The monoisotopic (exact) mass is 367 g/mol. The topological polar surface area (TPSA) is 69.6 Å². The van der Waals surface area contributed by atoms with E-state index in [1.807, 2.05) is 23.1 Å². The van der Waals surface area contributed by atoms with Crippen LogP contribution in [0.1, 0.15) is 23.0 Å². The number of likely N-dealkylation sites (N-methyl/N-ethyl adjacent to an activating group) is 1. The van der Waals surface area contributed by atoms with Crippen molar-refractivity contribution in [2.75, 3.05) is 44.7 Å². The molecule has 2 aromatic rings. The molecule has 2 amide bonds. The molecule has 27 heavy (non-hydrogen) atoms. The number of pyridine rings is 2. The molecule has 0 aromatic carbocycles. The molecule has 0 atom stereocenters. The van der Waals surface area contributed by atoms with Crippen LogP contribution in [0, 0.1) is 0 Å². The fourth-order valence-electron chi connectivity index (χ4n) is 3.12. The number of aromatic nitrogens is 2. The van der Waals surface area contributed by atoms with Gasteiger partial charge in [-0.15, -0.1) is 0 Å². The van der Waals surface area contributed by atoms with E-state index in [4.69, 9.17) is 0 Å². The minimum atomic E-state index is -0.0861. The summed E-state index contributed by atoms with van der Waals surface area (Å²) >= 11 is 0. The van der Waals surface area contributed by atoms with Crippen LogP contribution in [0.5, 0.6) is 0 Å². The molecule has 0 N–H and O–H groups in total. The van der Waals surface area contributed by atoms with Crippen LogP contribution in [-0.4, -0.2) is 71.4 Å². The predicted octanol–water partition coefficient (Wildman–Crippen LogP) is 1.46. The predicted molar refractivity (Wildman–Crippen MR) is 104 cm³/mol. The second kappa shape index (κ2) is 8.62. The molecule has 7 heteroatoms. The minimum Gasteiger partial charge on any atom is -0.367 e. The Hall–Kier alpha value is -2.96. The molecule has 142 valence electrons. The molecular weight excluding hydrogens is 342 g/mol. The van der Waals surface area contributed by atoms with E-state index in [1.165, 1.54) is 0 Å². The highest BCUT2D eigenvalue weighted by molar-refractivity contribution is 5.92. The van der Waals surface area contributed by atoms with E-state index in [0.717, 1.165) is 30.8 Å². The van der Waals surface area contributed by atoms with Gasteiger partial charge in [0.25, 0.3) is 5.91 Å². The van der Waals surface area contributed by atoms with E-state index >= 15 is 0 Å². The first kappa shape index (κ1) is 18.8. The molecule has 0 saturated carbocycles. The third kappa shape index (κ3) is 4.81. The fourth-order valence-corrected chi connectivity index (χ4v) is 3.12. The lowest BCUT2D eigenvalue weighted by atomic mass is 10.2. The highest BCUT2D eigenvalue weighted by Crippen LogP contribution is 2.16. The normalized spacial score (nSPS) is 14.1. The lowest BCUT2D eigenvalue weighted by Crippen LogP contribution is -2.48. The average molecular weight is 367 g/mol. The summed E-state index contributed by atoms with van der Waals surface area (Å²) in [5.74, 6) is 0.0283. The van der Waals surface area contributed by atoms with Gasteiger partial charge in [-0.1, -0.05) is 0 Å². The fraction of sp³-hybridized carbons (Fsp3) is 0.400. The average Bonchev–Trinajstić information content (AvgIpc) is 2.72. The van der Waals surface area contributed by atoms with Gasteiger partial charge in [0, 0.05) is 59.1 Å². The van der Waals surface area contributed by atoms with Crippen LogP contribution in [0.4, 0.5) is 5.69 Å². The number of carbonyl (C=O) groups excluding carboxylic acids is 2. The van der Waals surface area contributed by atoms with E-state index < -0.39 is 0 Å². The maximum absolute atomic E-state index is 12.6. The smallest absolute Gasteiger partial charge is 0.272 e. The van der Waals surface area contributed by atoms with Crippen LogP contribution in [0.25, 0.3) is 0 Å². The lowest BCUT2D eigenvalue weighted by Gasteiger charge is -2.35. The Morgan fingerprint density at radius 3 is 2.37 bits per heavy atom. The minimum absolute atomic E-state index is 0.0861. The molecule has 2 aromatic heterocycles. The van der Waals surface area contributed by atoms with Crippen molar-refractivity contribution in [3.05, 3.63) is 54.1 Å². The molecular formula is C20H25N5O2. The Kier molecular flexibility index (Phi) is 6.01. The SMILES string of the molecule is CC(=O)N1CCN(c2ccc(C(=O)N(C)CCc3ccncc3)nc2)CC1. The Morgan fingerprint density at radius 1 is 1.07 bits per heavy atom. The Bertz CT molecular complexity index is 771. The molecule has 1 aliphatic heterocycles. The summed E-state index contributed by atoms with van der Waals surface area (Å²) in [7, 11) is 1.79. The molecule has 0 spiro atoms. The summed E-state index contributed by atoms with van der Waals surface area (Å²) in [5.41, 5.74) is 2.57. The number of hydrogen-bond acceptors (Lipinski definition) is 5. The summed E-state index contributed by atoms with van der Waals surface area (Å²) in [4.78, 5) is 38.1. The molecule has 1 saturated heterocycles. The number of piperazine rings is 1. The van der Waals surface area contributed by atoms with E-state index in [0.29, 0.717) is 25.3 Å². The van der Waals surface area contributed by atoms with Crippen molar-refractivity contribution in [2.45, 2.75) is 13.3 Å². The molecule has 0 aliphatic carbocycles. The Labute approximate surface area is 159 Å². The van der Waals surface area contributed by atoms with Crippen molar-refractivity contribution in [3.63, 3.8) is 0 Å². The number of carbonyl (C=O) groups is 2. The van der Waals surface area contributed by atoms with Crippen molar-refractivity contribution in [2.24, 2.45) is 0 Å². The van der Waals surface area contributed by atoms with Crippen molar-refractivity contribution < 1.29 is 9.59 Å². The molecule has 0 bridgehead atoms. The first-order chi connectivity index (χ1) is 13.0. The number of nitrogens with zero attached hydrogens (tertiary/aromatic N) is 5. The summed E-state index contributed by atoms with van der Waals surface area (Å²) in [6, 6.07) is 7.62. The summed E-state index contributed by atoms with van der Waals surface area (Å²) in [5, 5.41) is 0. The molecule has 1 aliphatic rings. The largest absolute Gasteiger partial charge is 0.367 e. The standard InChI is InChI=1S/C20H25N5O2/c1-16(26)24-11-13-25(14-12-24)18-3-4-19(22-15-18)20(27)23(2)10-7-17-5-8-21-9-6-17/h3-6,8-9,15H,7,10-14H2,1-2H3. The van der Waals surface area contributed by atoms with Crippen LogP contribution < -0.4 is 4.90 Å². The third-order valence-electron chi connectivity index (χ3n) is 4.89. The van der Waals surface area contributed by atoms with E-state index in [9.17, 15) is 9.59 Å². The molecule has 1 fully saturated rings. The van der Waals surface area contributed by atoms with Gasteiger partial charge >= 0.3 is 0 Å². The van der Waals surface area contributed by atoms with Crippen LogP contribution in [0.3, 0.4) is 0 Å². The Balaban J connectivity index is 1.55. The lowest BCUT2D eigenvalue weighted by molar-refractivity contribution is -0.129. The van der Waals surface area contributed by atoms with Crippen molar-refractivity contribution in [3.8, 4) is 0 Å². The van der Waals surface area contributed by atoms with Gasteiger partial charge in [-0.2, -0.15) is 0 Å². The van der Waals surface area contributed by atoms with E-state index in [-0.39, 0.29) is 11.8 Å². The second-order valence-corrected chi connectivity index (χ2v) is 6.73. The van der Waals surface area contributed by atoms with Gasteiger partial charge in [0.1, 0.15) is 5.69 Å². The number of rotatable bonds is 5. The molecule has 3 heterocycles. The summed E-state index contributed by atoms with van der Waals surface area (Å²) < 4.78 is 0. The number of amides is 2. The Morgan fingerprint density at radius 2 is 1.78 bits per heavy atom. The zero-order chi connectivity index (χ0) is 19.2. The number of anilines is 1. The van der Waals surface area contributed by atoms with E-state index in [2.05, 4.69) is 14.9 Å². The van der Waals surface area contributed by atoms with Crippen molar-refractivity contribution in [1.29, 1.82) is 0 Å². The van der Waals surface area contributed by atoms with Gasteiger partial charge in [-0.25, -0.2) is 4.98 Å². The molecule has 0 unspecified atom stereocenters. The zero-order valence-electron chi connectivity index (χ0n) is 15.8. The van der Waals surface area contributed by atoms with Crippen LogP contribution in [0.2, 0.25) is 0 Å². The molecule has 0 radical (unpaired) electrons. The molecule has 7 nitrogen and oxygen atoms in total. The van der Waals surface area contributed by atoms with Gasteiger partial charge < -0.3 is 14.7 Å². The van der Waals surface area contributed by atoms with E-state index in [1.54, 1.807) is 43.5 Å². The maximum atomic E-state index is 12.6. The van der Waals surface area contributed by atoms with Gasteiger partial charge in [-0.05, 0) is 36.2 Å². The van der Waals surface area contributed by atoms with Gasteiger partial charge in [-0.3, -0.25) is 14.6 Å². The third-order valence-corrected chi connectivity index (χ3v) is 4.89. The second-order valence-electron chi connectivity index (χ2n) is 6.73. The highest BCUT2D eigenvalue weighted by atomic mass is 16.2. The van der Waals surface area contributed by atoms with Gasteiger partial charge in [0.15, 0.2) is 0 Å². The molecule has 3 rings (SSSR count). The maximum Gasteiger partial charge on any atom is 0.272 e. The van der Waals surface area contributed by atoms with Gasteiger partial charge in [0.2, 0.25) is 5.91 Å². The first-order valence-electron chi connectivity index (χ1n) is 9.15. The van der Waals surface area contributed by atoms with Crippen LogP contribution in [0.15, 0.2) is 42.9 Å². The number of hydrogen-bond donors (Lipinski definition) is 0. The quantitative estimate of drug-likeness (QED) is 0.800. The van der Waals surface area contributed by atoms with Crippen LogP contribution in [-0.2, 0) is 11.2 Å². The summed E-state index contributed by atoms with van der Waals surface area (Å²) in [6.07, 6.45) is 6.04. The summed E-state index contributed by atoms with van der Waals surface area (Å²) in [6.45, 7) is 5.21.